The summed E-state index contributed by atoms with van der Waals surface area (Å²) >= 11 is 0. The molecule has 8 heavy (non-hydrogen) atoms. The predicted octanol–water partition coefficient (Wildman–Crippen LogP) is -1.63. The van der Waals surface area contributed by atoms with Crippen LogP contribution in [0.5, 0.6) is 0 Å². The zero-order valence-corrected chi connectivity index (χ0v) is 4.28. The van der Waals surface area contributed by atoms with Gasteiger partial charge in [-0.3, -0.25) is 0 Å². The third kappa shape index (κ3) is 1.19. The van der Waals surface area contributed by atoms with Gasteiger partial charge in [0.1, 0.15) is 0 Å². The summed E-state index contributed by atoms with van der Waals surface area (Å²) < 4.78 is 9.12. The fraction of sp³-hybridized carbons (Fsp3) is 1.00. The molecule has 0 radical (unpaired) electrons. The summed E-state index contributed by atoms with van der Waals surface area (Å²) in [4.78, 5) is 0. The minimum absolute atomic E-state index is 0.100. The van der Waals surface area contributed by atoms with E-state index in [0.717, 1.165) is 0 Å². The van der Waals surface area contributed by atoms with E-state index in [4.69, 9.17) is 10.1 Å². The van der Waals surface area contributed by atoms with Crippen molar-refractivity contribution in [3.05, 3.63) is 0 Å². The van der Waals surface area contributed by atoms with Gasteiger partial charge in [0.15, 0.2) is 0 Å². The van der Waals surface area contributed by atoms with E-state index >= 15 is 0 Å². The molecule has 1 atom stereocenters. The fourth-order valence-electron chi connectivity index (χ4n) is 0.529. The van der Waals surface area contributed by atoms with Crippen molar-refractivity contribution in [1.82, 2.24) is 0 Å². The number of aliphatic hydroxyl groups excluding tert-OH is 1. The molecule has 2 N–H and O–H groups in total. The average Bonchev–Trinajstić information content (AvgIpc) is 2.14. The molecular formula is C3H7BO4. The summed E-state index contributed by atoms with van der Waals surface area (Å²) in [5, 5.41) is 16.8. The Labute approximate surface area is 47.2 Å². The minimum Gasteiger partial charge on any atom is -0.402 e. The Morgan fingerprint density at radius 1 is 1.75 bits per heavy atom. The minimum atomic E-state index is -1.13. The first-order valence-corrected chi connectivity index (χ1v) is 2.39. The molecule has 0 aliphatic carbocycles. The molecule has 1 aliphatic heterocycles. The van der Waals surface area contributed by atoms with E-state index in [1.807, 2.05) is 0 Å². The largest absolute Gasteiger partial charge is 0.637 e. The predicted molar refractivity (Wildman–Crippen MR) is 25.9 cm³/mol. The highest BCUT2D eigenvalue weighted by molar-refractivity contribution is 6.35. The van der Waals surface area contributed by atoms with Gasteiger partial charge < -0.3 is 19.4 Å². The lowest BCUT2D eigenvalue weighted by Gasteiger charge is -1.99. The molecule has 1 fully saturated rings. The molecule has 1 saturated heterocycles. The number of hydrogen-bond donors (Lipinski definition) is 2. The van der Waals surface area contributed by atoms with Gasteiger partial charge in [0.25, 0.3) is 0 Å². The maximum atomic E-state index is 8.48. The molecule has 0 aromatic carbocycles. The SMILES string of the molecule is OC[C@H]1COB(O)O1. The van der Waals surface area contributed by atoms with Gasteiger partial charge in [0.2, 0.25) is 0 Å². The van der Waals surface area contributed by atoms with Crippen molar-refractivity contribution in [2.24, 2.45) is 0 Å². The van der Waals surface area contributed by atoms with E-state index < -0.39 is 7.32 Å². The van der Waals surface area contributed by atoms with Gasteiger partial charge >= 0.3 is 7.32 Å². The second kappa shape index (κ2) is 2.45. The molecule has 0 amide bonds. The highest BCUT2D eigenvalue weighted by Crippen LogP contribution is 2.03. The molecule has 0 spiro atoms. The third-order valence-corrected chi connectivity index (χ3v) is 0.937. The summed E-state index contributed by atoms with van der Waals surface area (Å²) in [6.07, 6.45) is -0.343. The van der Waals surface area contributed by atoms with E-state index in [1.165, 1.54) is 0 Å². The van der Waals surface area contributed by atoms with E-state index in [9.17, 15) is 0 Å². The highest BCUT2D eigenvalue weighted by Gasteiger charge is 2.29. The topological polar surface area (TPSA) is 58.9 Å². The molecule has 0 unspecified atom stereocenters. The van der Waals surface area contributed by atoms with Crippen molar-refractivity contribution in [1.29, 1.82) is 0 Å². The van der Waals surface area contributed by atoms with Gasteiger partial charge in [-0.05, 0) is 0 Å². The van der Waals surface area contributed by atoms with Gasteiger partial charge in [-0.2, -0.15) is 0 Å². The lowest BCUT2D eigenvalue weighted by atomic mass is 10.3. The first-order chi connectivity index (χ1) is 3.83. The number of aliphatic hydroxyl groups is 1. The van der Waals surface area contributed by atoms with Crippen molar-refractivity contribution in [3.8, 4) is 0 Å². The maximum absolute atomic E-state index is 8.48. The normalized spacial score (nSPS) is 29.2. The summed E-state index contributed by atoms with van der Waals surface area (Å²) in [5.74, 6) is 0. The summed E-state index contributed by atoms with van der Waals surface area (Å²) in [6, 6.07) is 0. The van der Waals surface area contributed by atoms with Gasteiger partial charge in [0.05, 0.1) is 19.3 Å². The van der Waals surface area contributed by atoms with Gasteiger partial charge in [-0.15, -0.1) is 0 Å². The Morgan fingerprint density at radius 3 is 2.75 bits per heavy atom. The number of rotatable bonds is 1. The molecule has 0 saturated carbocycles. The molecular weight excluding hydrogens is 111 g/mol. The van der Waals surface area contributed by atoms with Crippen LogP contribution in [0.1, 0.15) is 0 Å². The molecule has 1 aliphatic rings. The Kier molecular flexibility index (Phi) is 1.85. The zero-order chi connectivity index (χ0) is 5.98. The molecule has 4 nitrogen and oxygen atoms in total. The van der Waals surface area contributed by atoms with Crippen LogP contribution in [0.3, 0.4) is 0 Å². The lowest BCUT2D eigenvalue weighted by Crippen LogP contribution is -2.18. The van der Waals surface area contributed by atoms with Crippen molar-refractivity contribution < 1.29 is 19.4 Å². The highest BCUT2D eigenvalue weighted by atomic mass is 16.7. The van der Waals surface area contributed by atoms with Crippen LogP contribution >= 0.6 is 0 Å². The Hall–Kier alpha value is -0.0951. The van der Waals surface area contributed by atoms with Gasteiger partial charge in [-0.1, -0.05) is 0 Å². The summed E-state index contributed by atoms with van der Waals surface area (Å²) in [7, 11) is -1.13. The first kappa shape index (κ1) is 6.03. The van der Waals surface area contributed by atoms with Gasteiger partial charge in [-0.25, -0.2) is 0 Å². The smallest absolute Gasteiger partial charge is 0.402 e. The second-order valence-electron chi connectivity index (χ2n) is 1.58. The Morgan fingerprint density at radius 2 is 2.50 bits per heavy atom. The lowest BCUT2D eigenvalue weighted by molar-refractivity contribution is 0.125. The first-order valence-electron chi connectivity index (χ1n) is 2.39. The molecule has 0 aromatic rings. The second-order valence-corrected chi connectivity index (χ2v) is 1.58. The molecule has 1 heterocycles. The molecule has 1 rings (SSSR count). The molecule has 46 valence electrons. The van der Waals surface area contributed by atoms with Crippen molar-refractivity contribution in [2.75, 3.05) is 13.2 Å². The quantitative estimate of drug-likeness (QED) is 0.406. The third-order valence-electron chi connectivity index (χ3n) is 0.937. The van der Waals surface area contributed by atoms with Crippen LogP contribution in [-0.2, 0) is 9.31 Å². The van der Waals surface area contributed by atoms with E-state index in [2.05, 4.69) is 9.31 Å². The van der Waals surface area contributed by atoms with Crippen molar-refractivity contribution in [3.63, 3.8) is 0 Å². The Balaban J connectivity index is 2.22. The van der Waals surface area contributed by atoms with Crippen LogP contribution in [0.2, 0.25) is 0 Å². The van der Waals surface area contributed by atoms with E-state index in [0.29, 0.717) is 0 Å². The number of hydrogen-bond acceptors (Lipinski definition) is 4. The standard InChI is InChI=1S/C3H7BO4/c5-1-3-2-7-4(6)8-3/h3,5-6H,1-2H2/t3-/m0/s1. The van der Waals surface area contributed by atoms with Crippen LogP contribution < -0.4 is 0 Å². The van der Waals surface area contributed by atoms with Crippen molar-refractivity contribution >= 4 is 7.32 Å². The summed E-state index contributed by atoms with van der Waals surface area (Å²) in [6.45, 7) is 0.175. The maximum Gasteiger partial charge on any atom is 0.637 e. The average molecular weight is 118 g/mol. The molecule has 5 heteroatoms. The van der Waals surface area contributed by atoms with E-state index in [-0.39, 0.29) is 19.3 Å². The van der Waals surface area contributed by atoms with Crippen LogP contribution in [0.25, 0.3) is 0 Å². The van der Waals surface area contributed by atoms with Crippen LogP contribution in [0.4, 0.5) is 0 Å². The zero-order valence-electron chi connectivity index (χ0n) is 4.28. The van der Waals surface area contributed by atoms with Crippen LogP contribution in [0, 0.1) is 0 Å². The summed E-state index contributed by atoms with van der Waals surface area (Å²) in [5.41, 5.74) is 0. The fourth-order valence-corrected chi connectivity index (χ4v) is 0.529. The van der Waals surface area contributed by atoms with E-state index in [1.54, 1.807) is 0 Å². The van der Waals surface area contributed by atoms with Crippen LogP contribution in [-0.4, -0.2) is 36.8 Å². The van der Waals surface area contributed by atoms with Crippen molar-refractivity contribution in [2.45, 2.75) is 6.10 Å². The van der Waals surface area contributed by atoms with Crippen LogP contribution in [0.15, 0.2) is 0 Å². The Bertz CT molecular complexity index is 77.7. The molecule has 0 aromatic heterocycles. The van der Waals surface area contributed by atoms with Gasteiger partial charge in [0, 0.05) is 0 Å². The molecule has 0 bridgehead atoms. The monoisotopic (exact) mass is 118 g/mol.